The number of hydrogen-bond donors (Lipinski definition) is 2. The van der Waals surface area contributed by atoms with Gasteiger partial charge in [0.2, 0.25) is 11.2 Å². The number of tetrazole rings is 1. The summed E-state index contributed by atoms with van der Waals surface area (Å²) in [6, 6.07) is 0. The Hall–Kier alpha value is -1.24. The summed E-state index contributed by atoms with van der Waals surface area (Å²) in [6.45, 7) is 0. The van der Waals surface area contributed by atoms with Crippen molar-refractivity contribution in [3.8, 4) is 0 Å². The molecule has 2 N–H and O–H groups in total. The Bertz CT molecular complexity index is 253. The average Bonchev–Trinajstić information content (AvgIpc) is 2.37. The lowest BCUT2D eigenvalue weighted by Gasteiger charge is -1.77. The summed E-state index contributed by atoms with van der Waals surface area (Å²) in [5.74, 6) is 0. The normalized spacial score (nSPS) is 7.82. The highest BCUT2D eigenvalue weighted by atomic mass is 32.1. The maximum Gasteiger partial charge on any atom is 0.237 e. The highest BCUT2D eigenvalue weighted by molar-refractivity contribution is 7.71. The number of aryl methyl sites for hydroxylation is 1. The van der Waals surface area contributed by atoms with Crippen molar-refractivity contribution in [2.45, 2.75) is 0 Å². The molecule has 0 saturated carbocycles. The van der Waals surface area contributed by atoms with E-state index in [1.54, 1.807) is 18.8 Å². The molecule has 0 saturated heterocycles. The van der Waals surface area contributed by atoms with Crippen LogP contribution in [-0.2, 0) is 11.8 Å². The second-order valence-electron chi connectivity index (χ2n) is 1.55. The average molecular weight is 175 g/mol. The Kier molecular flexibility index (Phi) is 4.91. The lowest BCUT2D eigenvalue weighted by atomic mass is 11.2. The van der Waals surface area contributed by atoms with Gasteiger partial charge < -0.3 is 5.32 Å². The molecule has 1 aromatic rings. The molecule has 1 amide bonds. The van der Waals surface area contributed by atoms with E-state index < -0.39 is 0 Å². The number of nitrogens with one attached hydrogen (secondary N) is 2. The maximum atomic E-state index is 9.06. The van der Waals surface area contributed by atoms with Crippen molar-refractivity contribution in [2.75, 3.05) is 7.05 Å². The van der Waals surface area contributed by atoms with Crippen LogP contribution in [-0.4, -0.2) is 33.7 Å². The molecule has 1 aromatic heterocycles. The summed E-state index contributed by atoms with van der Waals surface area (Å²) in [7, 11) is 3.31. The van der Waals surface area contributed by atoms with E-state index in [4.69, 9.17) is 4.79 Å². The maximum absolute atomic E-state index is 9.06. The molecular formula is C4H9N5OS. The van der Waals surface area contributed by atoms with E-state index in [9.17, 15) is 0 Å². The molecule has 6 nitrogen and oxygen atoms in total. The van der Waals surface area contributed by atoms with E-state index in [2.05, 4.69) is 33.1 Å². The number of hydrogen-bond acceptors (Lipinski definition) is 4. The molecule has 0 radical (unpaired) electrons. The van der Waals surface area contributed by atoms with Gasteiger partial charge in [0.15, 0.2) is 0 Å². The molecule has 0 aliphatic heterocycles. The van der Waals surface area contributed by atoms with Gasteiger partial charge in [0, 0.05) is 14.1 Å². The number of rotatable bonds is 1. The summed E-state index contributed by atoms with van der Waals surface area (Å²) in [6.07, 6.45) is 0.625. The summed E-state index contributed by atoms with van der Waals surface area (Å²) >= 11 is 4.64. The first kappa shape index (κ1) is 9.76. The smallest absolute Gasteiger partial charge is 0.237 e. The van der Waals surface area contributed by atoms with Crippen LogP contribution in [0, 0.1) is 4.77 Å². The van der Waals surface area contributed by atoms with Gasteiger partial charge >= 0.3 is 0 Å². The monoisotopic (exact) mass is 175 g/mol. The van der Waals surface area contributed by atoms with Gasteiger partial charge in [-0.3, -0.25) is 4.79 Å². The van der Waals surface area contributed by atoms with Crippen LogP contribution >= 0.6 is 12.2 Å². The standard InChI is InChI=1S/C2H4N4S.C2H5NO/c1-6-2(7)3-4-5-6;1-3-2-4/h1H3,(H,3,5,7);2H,1H3,(H,3,4). The van der Waals surface area contributed by atoms with E-state index in [0.29, 0.717) is 11.2 Å². The lowest BCUT2D eigenvalue weighted by Crippen LogP contribution is -1.98. The number of carbonyl (C=O) groups excluding carboxylic acids is 1. The van der Waals surface area contributed by atoms with Crippen LogP contribution < -0.4 is 5.32 Å². The topological polar surface area (TPSA) is 75.6 Å². The van der Waals surface area contributed by atoms with Crippen LogP contribution in [0.4, 0.5) is 0 Å². The summed E-state index contributed by atoms with van der Waals surface area (Å²) in [5.41, 5.74) is 0. The molecule has 0 aliphatic carbocycles. The van der Waals surface area contributed by atoms with Gasteiger partial charge in [-0.2, -0.15) is 5.21 Å². The zero-order valence-corrected chi connectivity index (χ0v) is 7.05. The largest absolute Gasteiger partial charge is 0.362 e. The third-order valence-corrected chi connectivity index (χ3v) is 1.09. The third kappa shape index (κ3) is 4.20. The van der Waals surface area contributed by atoms with Gasteiger partial charge in [0.05, 0.1) is 0 Å². The first-order chi connectivity index (χ1) is 5.22. The highest BCUT2D eigenvalue weighted by Crippen LogP contribution is 1.71. The van der Waals surface area contributed by atoms with Crippen molar-refractivity contribution < 1.29 is 4.79 Å². The molecular weight excluding hydrogens is 166 g/mol. The second kappa shape index (κ2) is 5.54. The van der Waals surface area contributed by atoms with Crippen LogP contribution in [0.2, 0.25) is 0 Å². The molecule has 0 fully saturated rings. The molecule has 0 aromatic carbocycles. The van der Waals surface area contributed by atoms with Gasteiger partial charge in [-0.05, 0) is 12.2 Å². The number of aromatic amines is 1. The summed E-state index contributed by atoms with van der Waals surface area (Å²) in [4.78, 5) is 9.06. The van der Waals surface area contributed by atoms with E-state index in [-0.39, 0.29) is 0 Å². The van der Waals surface area contributed by atoms with Crippen molar-refractivity contribution >= 4 is 18.6 Å². The first-order valence-corrected chi connectivity index (χ1v) is 3.18. The van der Waals surface area contributed by atoms with E-state index in [1.165, 1.54) is 0 Å². The van der Waals surface area contributed by atoms with Crippen molar-refractivity contribution in [3.63, 3.8) is 0 Å². The van der Waals surface area contributed by atoms with Crippen LogP contribution in [0.3, 0.4) is 0 Å². The van der Waals surface area contributed by atoms with Crippen LogP contribution in [0.15, 0.2) is 0 Å². The zero-order valence-electron chi connectivity index (χ0n) is 6.24. The van der Waals surface area contributed by atoms with Crippen molar-refractivity contribution in [2.24, 2.45) is 7.05 Å². The quantitative estimate of drug-likeness (QED) is 0.434. The molecule has 7 heteroatoms. The molecule has 62 valence electrons. The number of H-pyrrole nitrogens is 1. The number of aromatic nitrogens is 4. The van der Waals surface area contributed by atoms with Crippen molar-refractivity contribution in [1.82, 2.24) is 25.5 Å². The van der Waals surface area contributed by atoms with Crippen molar-refractivity contribution in [1.29, 1.82) is 0 Å². The van der Waals surface area contributed by atoms with Gasteiger partial charge in [-0.15, -0.1) is 0 Å². The Morgan fingerprint density at radius 3 is 2.45 bits per heavy atom. The van der Waals surface area contributed by atoms with Gasteiger partial charge in [0.1, 0.15) is 0 Å². The SMILES string of the molecule is CNC=O.Cn1[nH]nnc1=S. The predicted molar refractivity (Wildman–Crippen MR) is 41.3 cm³/mol. The molecule has 1 heterocycles. The molecule has 0 aliphatic rings. The molecule has 0 unspecified atom stereocenters. The van der Waals surface area contributed by atoms with Gasteiger partial charge in [0.25, 0.3) is 0 Å². The third-order valence-electron chi connectivity index (χ3n) is 0.735. The zero-order chi connectivity index (χ0) is 8.69. The summed E-state index contributed by atoms with van der Waals surface area (Å²) < 4.78 is 2.02. The Morgan fingerprint density at radius 1 is 1.82 bits per heavy atom. The molecule has 0 spiro atoms. The minimum Gasteiger partial charge on any atom is -0.362 e. The summed E-state index contributed by atoms with van der Waals surface area (Å²) in [5, 5.41) is 11.7. The predicted octanol–water partition coefficient (Wildman–Crippen LogP) is -0.765. The lowest BCUT2D eigenvalue weighted by molar-refractivity contribution is -0.109. The van der Waals surface area contributed by atoms with Gasteiger partial charge in [-0.1, -0.05) is 10.3 Å². The Morgan fingerprint density at radius 2 is 2.36 bits per heavy atom. The fourth-order valence-corrected chi connectivity index (χ4v) is 0.324. The first-order valence-electron chi connectivity index (χ1n) is 2.77. The van der Waals surface area contributed by atoms with Crippen LogP contribution in [0.5, 0.6) is 0 Å². The number of amides is 1. The second-order valence-corrected chi connectivity index (χ2v) is 1.91. The molecule has 0 bridgehead atoms. The Labute approximate surface area is 68.6 Å². The fourth-order valence-electron chi connectivity index (χ4n) is 0.242. The minimum atomic E-state index is 0.472. The highest BCUT2D eigenvalue weighted by Gasteiger charge is 1.79. The molecule has 1 rings (SSSR count). The van der Waals surface area contributed by atoms with E-state index in [1.807, 2.05) is 0 Å². The van der Waals surface area contributed by atoms with Crippen LogP contribution in [0.1, 0.15) is 0 Å². The Balaban J connectivity index is 0.000000218. The number of nitrogens with zero attached hydrogens (tertiary/aromatic N) is 3. The van der Waals surface area contributed by atoms with Crippen LogP contribution in [0.25, 0.3) is 0 Å². The van der Waals surface area contributed by atoms with E-state index in [0.717, 1.165) is 0 Å². The van der Waals surface area contributed by atoms with Crippen molar-refractivity contribution in [3.05, 3.63) is 4.77 Å². The fraction of sp³-hybridized carbons (Fsp3) is 0.500. The number of carbonyl (C=O) groups is 1. The molecule has 11 heavy (non-hydrogen) atoms. The van der Waals surface area contributed by atoms with E-state index >= 15 is 0 Å². The molecule has 0 atom stereocenters. The minimum absolute atomic E-state index is 0.472. The van der Waals surface area contributed by atoms with Gasteiger partial charge in [-0.25, -0.2) is 4.68 Å².